The van der Waals surface area contributed by atoms with Gasteiger partial charge in [0.2, 0.25) is 0 Å². The molecular formula is C15H12N4O2. The number of aromatic nitrogens is 2. The fraction of sp³-hybridized carbons (Fsp3) is 0.0667. The van der Waals surface area contributed by atoms with Crippen LogP contribution >= 0.6 is 0 Å². The summed E-state index contributed by atoms with van der Waals surface area (Å²) in [7, 11) is 1.51. The number of fused-ring (bicyclic) bond motifs is 1. The van der Waals surface area contributed by atoms with Crippen molar-refractivity contribution in [3.63, 3.8) is 0 Å². The predicted octanol–water partition coefficient (Wildman–Crippen LogP) is 1.80. The van der Waals surface area contributed by atoms with Crippen molar-refractivity contribution in [1.29, 1.82) is 0 Å². The summed E-state index contributed by atoms with van der Waals surface area (Å²) in [6.07, 6.45) is 3.33. The smallest absolute Gasteiger partial charge is 0.274 e. The van der Waals surface area contributed by atoms with Gasteiger partial charge in [-0.2, -0.15) is 4.98 Å². The van der Waals surface area contributed by atoms with Gasteiger partial charge in [-0.3, -0.25) is 4.98 Å². The summed E-state index contributed by atoms with van der Waals surface area (Å²) in [5.41, 5.74) is 14.2. The summed E-state index contributed by atoms with van der Waals surface area (Å²) < 4.78 is 10.8. The van der Waals surface area contributed by atoms with Gasteiger partial charge in [-0.25, -0.2) is 0 Å². The van der Waals surface area contributed by atoms with Gasteiger partial charge in [0.05, 0.1) is 18.5 Å². The summed E-state index contributed by atoms with van der Waals surface area (Å²) in [6, 6.07) is 5.22. The maximum atomic E-state index is 5.87. The van der Waals surface area contributed by atoms with Crippen LogP contribution in [0, 0.1) is 11.8 Å². The van der Waals surface area contributed by atoms with Gasteiger partial charge in [0.1, 0.15) is 0 Å². The maximum absolute atomic E-state index is 5.87. The van der Waals surface area contributed by atoms with Crippen LogP contribution < -0.4 is 16.2 Å². The van der Waals surface area contributed by atoms with E-state index in [0.29, 0.717) is 28.2 Å². The molecule has 0 bridgehead atoms. The summed E-state index contributed by atoms with van der Waals surface area (Å²) >= 11 is 0. The molecule has 21 heavy (non-hydrogen) atoms. The van der Waals surface area contributed by atoms with Crippen molar-refractivity contribution in [1.82, 2.24) is 9.97 Å². The van der Waals surface area contributed by atoms with E-state index in [2.05, 4.69) is 21.8 Å². The number of oxazole rings is 1. The normalized spacial score (nSPS) is 10.1. The number of hydrogen-bond donors (Lipinski definition) is 2. The first-order chi connectivity index (χ1) is 10.2. The number of hydrogen-bond acceptors (Lipinski definition) is 6. The Morgan fingerprint density at radius 2 is 2.10 bits per heavy atom. The standard InChI is InChI=1S/C15H12N4O2/c1-20-14-10(16)7-11(17)15-13(14)19-12(21-15)5-4-9-3-2-6-18-8-9/h2-3,6-8H,16-17H2,1H3. The SMILES string of the molecule is COc1c(N)cc(N)c2oc(C#Cc3cccnc3)nc12. The van der Waals surface area contributed by atoms with E-state index in [1.807, 2.05) is 6.07 Å². The molecule has 6 nitrogen and oxygen atoms in total. The molecule has 0 aliphatic rings. The van der Waals surface area contributed by atoms with Crippen LogP contribution in [0.3, 0.4) is 0 Å². The molecule has 3 aromatic rings. The number of methoxy groups -OCH3 is 1. The highest BCUT2D eigenvalue weighted by Gasteiger charge is 2.15. The molecule has 2 aromatic heterocycles. The van der Waals surface area contributed by atoms with Gasteiger partial charge in [0.15, 0.2) is 16.8 Å². The first-order valence-electron chi connectivity index (χ1n) is 6.13. The monoisotopic (exact) mass is 280 g/mol. The Labute approximate surface area is 120 Å². The molecule has 2 heterocycles. The molecule has 0 aliphatic carbocycles. The van der Waals surface area contributed by atoms with E-state index >= 15 is 0 Å². The molecule has 0 atom stereocenters. The minimum Gasteiger partial charge on any atom is -0.492 e. The van der Waals surface area contributed by atoms with E-state index in [0.717, 1.165) is 5.56 Å². The van der Waals surface area contributed by atoms with Gasteiger partial charge in [0, 0.05) is 18.0 Å². The van der Waals surface area contributed by atoms with Gasteiger partial charge in [0.25, 0.3) is 5.89 Å². The molecular weight excluding hydrogens is 268 g/mol. The first kappa shape index (κ1) is 12.8. The minimum absolute atomic E-state index is 0.240. The van der Waals surface area contributed by atoms with Crippen LogP contribution in [0.5, 0.6) is 5.75 Å². The van der Waals surface area contributed by atoms with Crippen LogP contribution in [0.1, 0.15) is 11.5 Å². The fourth-order valence-corrected chi connectivity index (χ4v) is 1.94. The molecule has 4 N–H and O–H groups in total. The zero-order valence-electron chi connectivity index (χ0n) is 11.3. The molecule has 0 unspecified atom stereocenters. The maximum Gasteiger partial charge on any atom is 0.274 e. The van der Waals surface area contributed by atoms with Crippen LogP contribution in [-0.4, -0.2) is 17.1 Å². The number of benzene rings is 1. The molecule has 0 spiro atoms. The van der Waals surface area contributed by atoms with Gasteiger partial charge in [-0.15, -0.1) is 0 Å². The number of rotatable bonds is 1. The highest BCUT2D eigenvalue weighted by atomic mass is 16.5. The summed E-state index contributed by atoms with van der Waals surface area (Å²) in [5.74, 6) is 6.41. The number of ether oxygens (including phenoxy) is 1. The second-order valence-corrected chi connectivity index (χ2v) is 4.28. The molecule has 0 saturated heterocycles. The van der Waals surface area contributed by atoms with Crippen LogP contribution in [-0.2, 0) is 0 Å². The van der Waals surface area contributed by atoms with Crippen LogP contribution in [0.4, 0.5) is 11.4 Å². The third-order valence-electron chi connectivity index (χ3n) is 2.86. The Morgan fingerprint density at radius 3 is 2.81 bits per heavy atom. The van der Waals surface area contributed by atoms with Crippen molar-refractivity contribution in [2.24, 2.45) is 0 Å². The van der Waals surface area contributed by atoms with Gasteiger partial charge in [-0.05, 0) is 24.1 Å². The van der Waals surface area contributed by atoms with Crippen molar-refractivity contribution in [2.45, 2.75) is 0 Å². The van der Waals surface area contributed by atoms with Crippen LogP contribution in [0.25, 0.3) is 11.1 Å². The van der Waals surface area contributed by atoms with E-state index in [-0.39, 0.29) is 5.89 Å². The van der Waals surface area contributed by atoms with Crippen molar-refractivity contribution in [3.8, 4) is 17.6 Å². The lowest BCUT2D eigenvalue weighted by atomic mass is 10.2. The lowest BCUT2D eigenvalue weighted by Crippen LogP contribution is -1.96. The Hall–Kier alpha value is -3.20. The molecule has 3 rings (SSSR count). The van der Waals surface area contributed by atoms with Crippen molar-refractivity contribution in [3.05, 3.63) is 42.0 Å². The zero-order chi connectivity index (χ0) is 14.8. The second kappa shape index (κ2) is 5.06. The lowest BCUT2D eigenvalue weighted by Gasteiger charge is -2.04. The average Bonchev–Trinajstić information content (AvgIpc) is 2.91. The Morgan fingerprint density at radius 1 is 1.24 bits per heavy atom. The molecule has 104 valence electrons. The third-order valence-corrected chi connectivity index (χ3v) is 2.86. The summed E-state index contributed by atoms with van der Waals surface area (Å²) in [5, 5.41) is 0. The van der Waals surface area contributed by atoms with E-state index in [4.69, 9.17) is 20.6 Å². The van der Waals surface area contributed by atoms with Gasteiger partial charge in [-0.1, -0.05) is 5.92 Å². The molecule has 0 radical (unpaired) electrons. The van der Waals surface area contributed by atoms with Crippen molar-refractivity contribution in [2.75, 3.05) is 18.6 Å². The number of pyridine rings is 1. The zero-order valence-corrected chi connectivity index (χ0v) is 11.3. The molecule has 0 amide bonds. The predicted molar refractivity (Wildman–Crippen MR) is 79.6 cm³/mol. The van der Waals surface area contributed by atoms with Crippen LogP contribution in [0.2, 0.25) is 0 Å². The number of nitrogens with zero attached hydrogens (tertiary/aromatic N) is 2. The lowest BCUT2D eigenvalue weighted by molar-refractivity contribution is 0.421. The van der Waals surface area contributed by atoms with Crippen molar-refractivity contribution < 1.29 is 9.15 Å². The highest BCUT2D eigenvalue weighted by Crippen LogP contribution is 2.35. The molecule has 0 saturated carbocycles. The third kappa shape index (κ3) is 2.32. The topological polar surface area (TPSA) is 100 Å². The number of nitrogen functional groups attached to an aromatic ring is 2. The van der Waals surface area contributed by atoms with E-state index in [9.17, 15) is 0 Å². The summed E-state index contributed by atoms with van der Waals surface area (Å²) in [6.45, 7) is 0. The first-order valence-corrected chi connectivity index (χ1v) is 6.13. The average molecular weight is 280 g/mol. The van der Waals surface area contributed by atoms with E-state index in [1.165, 1.54) is 7.11 Å². The Bertz CT molecular complexity index is 860. The van der Waals surface area contributed by atoms with Crippen molar-refractivity contribution >= 4 is 22.5 Å². The Kier molecular flexibility index (Phi) is 3.09. The summed E-state index contributed by atoms with van der Waals surface area (Å²) in [4.78, 5) is 8.26. The largest absolute Gasteiger partial charge is 0.492 e. The molecule has 6 heteroatoms. The number of nitrogens with two attached hydrogens (primary N) is 2. The van der Waals surface area contributed by atoms with Crippen LogP contribution in [0.15, 0.2) is 35.0 Å². The fourth-order valence-electron chi connectivity index (χ4n) is 1.94. The number of anilines is 2. The molecule has 0 fully saturated rings. The van der Waals surface area contributed by atoms with E-state index in [1.54, 1.807) is 24.5 Å². The second-order valence-electron chi connectivity index (χ2n) is 4.28. The minimum atomic E-state index is 0.240. The molecule has 1 aromatic carbocycles. The Balaban J connectivity index is 2.10. The quantitative estimate of drug-likeness (QED) is 0.520. The highest BCUT2D eigenvalue weighted by molar-refractivity contribution is 5.95. The van der Waals surface area contributed by atoms with Gasteiger partial charge < -0.3 is 20.6 Å². The van der Waals surface area contributed by atoms with E-state index < -0.39 is 0 Å². The van der Waals surface area contributed by atoms with Gasteiger partial charge >= 0.3 is 0 Å². The molecule has 0 aliphatic heterocycles.